The predicted molar refractivity (Wildman–Crippen MR) is 106 cm³/mol. The van der Waals surface area contributed by atoms with E-state index in [-0.39, 0.29) is 30.3 Å². The molecule has 0 radical (unpaired) electrons. The molecule has 3 amide bonds. The normalized spacial score (nSPS) is 28.2. The van der Waals surface area contributed by atoms with Gasteiger partial charge in [0.15, 0.2) is 6.10 Å². The van der Waals surface area contributed by atoms with E-state index in [9.17, 15) is 14.4 Å². The van der Waals surface area contributed by atoms with Gasteiger partial charge in [-0.1, -0.05) is 25.3 Å². The van der Waals surface area contributed by atoms with Crippen molar-refractivity contribution in [1.29, 1.82) is 0 Å². The summed E-state index contributed by atoms with van der Waals surface area (Å²) in [5, 5.41) is 6.20. The SMILES string of the molecule is COCCNC(=O)CN1OC2C(=O)N(C3CCCCC3)C(=O)C2C1c1cccs1. The molecule has 1 N–H and O–H groups in total. The van der Waals surface area contributed by atoms with Gasteiger partial charge in [0.2, 0.25) is 11.8 Å². The summed E-state index contributed by atoms with van der Waals surface area (Å²) in [6.45, 7) is 0.774. The van der Waals surface area contributed by atoms with Crippen LogP contribution in [0.2, 0.25) is 0 Å². The lowest BCUT2D eigenvalue weighted by molar-refractivity contribution is -0.183. The number of likely N-dealkylation sites (tertiary alicyclic amines) is 1. The summed E-state index contributed by atoms with van der Waals surface area (Å²) in [7, 11) is 1.57. The van der Waals surface area contributed by atoms with E-state index in [2.05, 4.69) is 5.32 Å². The van der Waals surface area contributed by atoms with Crippen LogP contribution in [-0.4, -0.2) is 66.6 Å². The van der Waals surface area contributed by atoms with Gasteiger partial charge in [-0.25, -0.2) is 0 Å². The number of carbonyl (C=O) groups is 3. The van der Waals surface area contributed by atoms with Gasteiger partial charge in [0.25, 0.3) is 5.91 Å². The van der Waals surface area contributed by atoms with E-state index in [1.165, 1.54) is 21.3 Å². The van der Waals surface area contributed by atoms with E-state index in [1.54, 1.807) is 7.11 Å². The molecule has 158 valence electrons. The van der Waals surface area contributed by atoms with Gasteiger partial charge in [-0.05, 0) is 24.3 Å². The van der Waals surface area contributed by atoms with Crippen LogP contribution in [-0.2, 0) is 24.0 Å². The second kappa shape index (κ2) is 8.91. The number of carbonyl (C=O) groups excluding carboxylic acids is 3. The quantitative estimate of drug-likeness (QED) is 0.530. The van der Waals surface area contributed by atoms with E-state index >= 15 is 0 Å². The van der Waals surface area contributed by atoms with Gasteiger partial charge in [0, 0.05) is 24.6 Å². The predicted octanol–water partition coefficient (Wildman–Crippen LogP) is 1.49. The van der Waals surface area contributed by atoms with Crippen LogP contribution in [0.25, 0.3) is 0 Å². The molecule has 4 rings (SSSR count). The van der Waals surface area contributed by atoms with Crippen LogP contribution in [0.15, 0.2) is 17.5 Å². The average molecular weight is 422 g/mol. The number of nitrogens with zero attached hydrogens (tertiary/aromatic N) is 2. The number of nitrogens with one attached hydrogen (secondary N) is 1. The first kappa shape index (κ1) is 20.5. The molecule has 0 spiro atoms. The minimum absolute atomic E-state index is 0.0206. The number of hydroxylamine groups is 2. The fourth-order valence-electron chi connectivity index (χ4n) is 4.59. The van der Waals surface area contributed by atoms with Crippen molar-refractivity contribution in [3.05, 3.63) is 22.4 Å². The number of amides is 3. The number of hydrogen-bond acceptors (Lipinski definition) is 7. The minimum Gasteiger partial charge on any atom is -0.383 e. The Kier molecular flexibility index (Phi) is 6.29. The zero-order chi connectivity index (χ0) is 20.4. The molecule has 29 heavy (non-hydrogen) atoms. The Morgan fingerprint density at radius 1 is 1.28 bits per heavy atom. The summed E-state index contributed by atoms with van der Waals surface area (Å²) in [4.78, 5) is 47.1. The molecule has 1 saturated carbocycles. The number of hydrogen-bond donors (Lipinski definition) is 1. The Morgan fingerprint density at radius 2 is 2.07 bits per heavy atom. The summed E-state index contributed by atoms with van der Waals surface area (Å²) < 4.78 is 4.95. The van der Waals surface area contributed by atoms with Crippen LogP contribution in [0, 0.1) is 5.92 Å². The van der Waals surface area contributed by atoms with Crippen molar-refractivity contribution in [2.24, 2.45) is 5.92 Å². The third kappa shape index (κ3) is 3.96. The molecule has 3 aliphatic rings. The van der Waals surface area contributed by atoms with Gasteiger partial charge < -0.3 is 10.1 Å². The van der Waals surface area contributed by atoms with Gasteiger partial charge in [-0.2, -0.15) is 5.06 Å². The number of ether oxygens (including phenoxy) is 1. The first-order valence-electron chi connectivity index (χ1n) is 10.2. The van der Waals surface area contributed by atoms with Crippen molar-refractivity contribution in [1.82, 2.24) is 15.3 Å². The Bertz CT molecular complexity index is 749. The molecule has 0 bridgehead atoms. The van der Waals surface area contributed by atoms with Crippen LogP contribution < -0.4 is 5.32 Å². The largest absolute Gasteiger partial charge is 0.383 e. The Balaban J connectivity index is 1.53. The van der Waals surface area contributed by atoms with Crippen molar-refractivity contribution < 1.29 is 24.0 Å². The molecule has 2 saturated heterocycles. The molecule has 3 atom stereocenters. The highest BCUT2D eigenvalue weighted by Crippen LogP contribution is 2.46. The van der Waals surface area contributed by atoms with Crippen molar-refractivity contribution in [3.63, 3.8) is 0 Å². The van der Waals surface area contributed by atoms with Crippen molar-refractivity contribution in [2.45, 2.75) is 50.3 Å². The van der Waals surface area contributed by atoms with Crippen molar-refractivity contribution >= 4 is 29.1 Å². The Labute approximate surface area is 174 Å². The van der Waals surface area contributed by atoms with Gasteiger partial charge >= 0.3 is 0 Å². The number of methoxy groups -OCH3 is 1. The molecule has 3 heterocycles. The summed E-state index contributed by atoms with van der Waals surface area (Å²) in [5.41, 5.74) is 0. The van der Waals surface area contributed by atoms with Crippen molar-refractivity contribution in [3.8, 4) is 0 Å². The van der Waals surface area contributed by atoms with E-state index in [0.29, 0.717) is 13.2 Å². The molecule has 1 aliphatic carbocycles. The van der Waals surface area contributed by atoms with Gasteiger partial charge in [-0.15, -0.1) is 11.3 Å². The first-order valence-corrected chi connectivity index (χ1v) is 11.1. The minimum atomic E-state index is -0.844. The second-order valence-electron chi connectivity index (χ2n) is 7.77. The van der Waals surface area contributed by atoms with Crippen molar-refractivity contribution in [2.75, 3.05) is 26.8 Å². The summed E-state index contributed by atoms with van der Waals surface area (Å²) in [5.74, 6) is -1.24. The molecule has 3 unspecified atom stereocenters. The summed E-state index contributed by atoms with van der Waals surface area (Å²) in [6.07, 6.45) is 4.13. The molecular weight excluding hydrogens is 394 g/mol. The molecule has 2 aliphatic heterocycles. The highest BCUT2D eigenvalue weighted by molar-refractivity contribution is 7.10. The van der Waals surface area contributed by atoms with Crippen LogP contribution in [0.4, 0.5) is 0 Å². The van der Waals surface area contributed by atoms with Gasteiger partial charge in [0.1, 0.15) is 6.54 Å². The number of rotatable bonds is 7. The lowest BCUT2D eigenvalue weighted by atomic mass is 9.93. The molecule has 8 nitrogen and oxygen atoms in total. The standard InChI is InChI=1S/C20H27N3O5S/c1-27-10-9-21-15(24)12-22-17(14-8-5-11-29-14)16-18(28-22)20(26)23(19(16)25)13-6-3-2-4-7-13/h5,8,11,13,16-18H,2-4,6-7,9-10,12H2,1H3,(H,21,24). The molecule has 1 aromatic heterocycles. The van der Waals surface area contributed by atoms with Crippen LogP contribution >= 0.6 is 11.3 Å². The first-order chi connectivity index (χ1) is 14.1. The number of thiophene rings is 1. The summed E-state index contributed by atoms with van der Waals surface area (Å²) >= 11 is 1.51. The fraction of sp³-hybridized carbons (Fsp3) is 0.650. The lowest BCUT2D eigenvalue weighted by Crippen LogP contribution is -2.45. The van der Waals surface area contributed by atoms with Gasteiger partial charge in [-0.3, -0.25) is 24.1 Å². The third-order valence-electron chi connectivity index (χ3n) is 5.93. The Hall–Kier alpha value is -1.81. The third-order valence-corrected chi connectivity index (χ3v) is 6.87. The van der Waals surface area contributed by atoms with Crippen LogP contribution in [0.1, 0.15) is 43.0 Å². The molecule has 1 aromatic rings. The zero-order valence-electron chi connectivity index (χ0n) is 16.5. The van der Waals surface area contributed by atoms with E-state index < -0.39 is 18.1 Å². The van der Waals surface area contributed by atoms with E-state index in [4.69, 9.17) is 9.57 Å². The molecule has 3 fully saturated rings. The zero-order valence-corrected chi connectivity index (χ0v) is 17.4. The molecule has 9 heteroatoms. The van der Waals surface area contributed by atoms with E-state index in [0.717, 1.165) is 37.0 Å². The maximum atomic E-state index is 13.3. The summed E-state index contributed by atoms with van der Waals surface area (Å²) in [6, 6.07) is 3.38. The fourth-order valence-corrected chi connectivity index (χ4v) is 5.47. The van der Waals surface area contributed by atoms with Crippen LogP contribution in [0.5, 0.6) is 0 Å². The topological polar surface area (TPSA) is 88.2 Å². The monoisotopic (exact) mass is 421 g/mol. The molecular formula is C20H27N3O5S. The van der Waals surface area contributed by atoms with E-state index in [1.807, 2.05) is 17.5 Å². The lowest BCUT2D eigenvalue weighted by Gasteiger charge is -2.32. The smallest absolute Gasteiger partial charge is 0.261 e. The maximum absolute atomic E-state index is 13.3. The average Bonchev–Trinajstić information content (AvgIpc) is 3.41. The highest BCUT2D eigenvalue weighted by Gasteiger charge is 2.61. The van der Waals surface area contributed by atoms with Gasteiger partial charge in [0.05, 0.1) is 18.6 Å². The number of fused-ring (bicyclic) bond motifs is 1. The second-order valence-corrected chi connectivity index (χ2v) is 8.75. The Morgan fingerprint density at radius 3 is 2.76 bits per heavy atom. The van der Waals surface area contributed by atoms with Crippen LogP contribution in [0.3, 0.4) is 0 Å². The molecule has 0 aromatic carbocycles. The maximum Gasteiger partial charge on any atom is 0.261 e. The highest BCUT2D eigenvalue weighted by atomic mass is 32.1. The number of imide groups is 1.